The van der Waals surface area contributed by atoms with Crippen molar-refractivity contribution in [3.05, 3.63) is 102 Å². The Morgan fingerprint density at radius 3 is 2.25 bits per heavy atom. The molecule has 1 atom stereocenters. The lowest BCUT2D eigenvalue weighted by Gasteiger charge is -2.39. The monoisotopic (exact) mass is 501 g/mol. The molecule has 0 bridgehead atoms. The third-order valence-corrected chi connectivity index (χ3v) is 8.39. The Morgan fingerprint density at radius 1 is 0.917 bits per heavy atom. The van der Waals surface area contributed by atoms with Crippen molar-refractivity contribution in [2.75, 3.05) is 19.6 Å². The Kier molecular flexibility index (Phi) is 6.67. The summed E-state index contributed by atoms with van der Waals surface area (Å²) in [5.41, 5.74) is 3.20. The van der Waals surface area contributed by atoms with Crippen molar-refractivity contribution in [2.45, 2.75) is 24.4 Å². The molecule has 1 aliphatic rings. The molecular formula is C27H27N5O3S. The van der Waals surface area contributed by atoms with Crippen LogP contribution in [0.4, 0.5) is 0 Å². The lowest BCUT2D eigenvalue weighted by molar-refractivity contribution is 0.0642. The molecule has 0 aliphatic carbocycles. The van der Waals surface area contributed by atoms with Crippen molar-refractivity contribution in [3.63, 3.8) is 0 Å². The maximum absolute atomic E-state index is 13.4. The van der Waals surface area contributed by atoms with E-state index in [4.69, 9.17) is 0 Å². The Bertz CT molecular complexity index is 1440. The summed E-state index contributed by atoms with van der Waals surface area (Å²) in [7, 11) is -3.71. The van der Waals surface area contributed by atoms with Gasteiger partial charge in [0.25, 0.3) is 5.91 Å². The second-order valence-electron chi connectivity index (χ2n) is 8.89. The highest BCUT2D eigenvalue weighted by molar-refractivity contribution is 7.89. The first-order valence-electron chi connectivity index (χ1n) is 11.8. The van der Waals surface area contributed by atoms with Gasteiger partial charge in [0.2, 0.25) is 10.0 Å². The van der Waals surface area contributed by atoms with E-state index in [1.54, 1.807) is 46.0 Å². The summed E-state index contributed by atoms with van der Waals surface area (Å²) in [4.78, 5) is 14.7. The Hall–Kier alpha value is -3.82. The number of benzene rings is 3. The molecule has 3 aromatic carbocycles. The van der Waals surface area contributed by atoms with Gasteiger partial charge in [-0.05, 0) is 36.8 Å². The molecule has 0 N–H and O–H groups in total. The summed E-state index contributed by atoms with van der Waals surface area (Å²) >= 11 is 0. The standard InChI is InChI=1S/C27H27N5O3S/c1-21-18-30(27(33)24-10-6-3-7-11-24)16-17-32(21)36(34,35)25-14-12-23(13-15-25)26-20-31(29-28-26)19-22-8-4-2-5-9-22/h2-15,20-21H,16-19H2,1H3/t21-/m1/s1. The first kappa shape index (κ1) is 23.9. The molecule has 1 fully saturated rings. The number of hydrogen-bond acceptors (Lipinski definition) is 5. The van der Waals surface area contributed by atoms with Gasteiger partial charge < -0.3 is 4.90 Å². The van der Waals surface area contributed by atoms with E-state index >= 15 is 0 Å². The van der Waals surface area contributed by atoms with Gasteiger partial charge in [-0.1, -0.05) is 65.9 Å². The van der Waals surface area contributed by atoms with Gasteiger partial charge in [-0.15, -0.1) is 5.10 Å². The third-order valence-electron chi connectivity index (χ3n) is 6.36. The zero-order valence-corrected chi connectivity index (χ0v) is 20.8. The van der Waals surface area contributed by atoms with Crippen molar-refractivity contribution >= 4 is 15.9 Å². The van der Waals surface area contributed by atoms with Crippen LogP contribution in [0.15, 0.2) is 96.0 Å². The number of nitrogens with zero attached hydrogens (tertiary/aromatic N) is 5. The smallest absolute Gasteiger partial charge is 0.253 e. The fraction of sp³-hybridized carbons (Fsp3) is 0.222. The summed E-state index contributed by atoms with van der Waals surface area (Å²) in [6.45, 7) is 3.38. The minimum atomic E-state index is -3.71. The largest absolute Gasteiger partial charge is 0.336 e. The number of aromatic nitrogens is 3. The van der Waals surface area contributed by atoms with Crippen LogP contribution in [0.5, 0.6) is 0 Å². The van der Waals surface area contributed by atoms with Crippen LogP contribution in [0.1, 0.15) is 22.8 Å². The number of rotatable bonds is 6. The molecule has 4 aromatic rings. The number of piperazine rings is 1. The summed E-state index contributed by atoms with van der Waals surface area (Å²) in [5.74, 6) is -0.0795. The minimum absolute atomic E-state index is 0.0795. The van der Waals surface area contributed by atoms with E-state index in [2.05, 4.69) is 10.3 Å². The van der Waals surface area contributed by atoms with Crippen molar-refractivity contribution in [1.82, 2.24) is 24.2 Å². The van der Waals surface area contributed by atoms with Crippen molar-refractivity contribution in [1.29, 1.82) is 0 Å². The topological polar surface area (TPSA) is 88.4 Å². The van der Waals surface area contributed by atoms with Gasteiger partial charge in [-0.25, -0.2) is 13.1 Å². The van der Waals surface area contributed by atoms with Gasteiger partial charge >= 0.3 is 0 Å². The molecule has 8 nitrogen and oxygen atoms in total. The molecule has 0 unspecified atom stereocenters. The maximum Gasteiger partial charge on any atom is 0.253 e. The Labute approximate surface area is 210 Å². The van der Waals surface area contributed by atoms with E-state index in [9.17, 15) is 13.2 Å². The van der Waals surface area contributed by atoms with Gasteiger partial charge in [0.15, 0.2) is 0 Å². The minimum Gasteiger partial charge on any atom is -0.336 e. The molecule has 184 valence electrons. The SMILES string of the molecule is C[C@@H]1CN(C(=O)c2ccccc2)CCN1S(=O)(=O)c1ccc(-c2cn(Cc3ccccc3)nn2)cc1. The zero-order chi connectivity index (χ0) is 25.1. The highest BCUT2D eigenvalue weighted by Crippen LogP contribution is 2.25. The van der Waals surface area contributed by atoms with Crippen molar-refractivity contribution in [3.8, 4) is 11.3 Å². The van der Waals surface area contributed by atoms with Crippen LogP contribution >= 0.6 is 0 Å². The number of carbonyl (C=O) groups is 1. The highest BCUT2D eigenvalue weighted by atomic mass is 32.2. The lowest BCUT2D eigenvalue weighted by Crippen LogP contribution is -2.55. The van der Waals surface area contributed by atoms with Gasteiger partial charge in [-0.2, -0.15) is 4.31 Å². The average molecular weight is 502 g/mol. The molecule has 0 spiro atoms. The van der Waals surface area contributed by atoms with E-state index in [1.165, 1.54) is 4.31 Å². The van der Waals surface area contributed by atoms with Crippen molar-refractivity contribution < 1.29 is 13.2 Å². The molecule has 1 saturated heterocycles. The van der Waals surface area contributed by atoms with Crippen LogP contribution < -0.4 is 0 Å². The quantitative estimate of drug-likeness (QED) is 0.403. The summed E-state index contributed by atoms with van der Waals surface area (Å²) in [6, 6.07) is 25.4. The molecule has 1 aromatic heterocycles. The highest BCUT2D eigenvalue weighted by Gasteiger charge is 2.35. The van der Waals surface area contributed by atoms with Crippen LogP contribution in [0.2, 0.25) is 0 Å². The normalized spacial score (nSPS) is 16.7. The van der Waals surface area contributed by atoms with E-state index in [1.807, 2.05) is 61.7 Å². The average Bonchev–Trinajstić information content (AvgIpc) is 3.37. The number of hydrogen-bond donors (Lipinski definition) is 0. The van der Waals surface area contributed by atoms with E-state index < -0.39 is 10.0 Å². The fourth-order valence-electron chi connectivity index (χ4n) is 4.46. The predicted octanol–water partition coefficient (Wildman–Crippen LogP) is 3.53. The predicted molar refractivity (Wildman–Crippen MR) is 137 cm³/mol. The second kappa shape index (κ2) is 10.0. The first-order chi connectivity index (χ1) is 17.4. The van der Waals surface area contributed by atoms with E-state index in [0.717, 1.165) is 11.1 Å². The zero-order valence-electron chi connectivity index (χ0n) is 19.9. The number of sulfonamides is 1. The van der Waals surface area contributed by atoms with Gasteiger partial charge in [0.05, 0.1) is 17.6 Å². The van der Waals surface area contributed by atoms with E-state index in [-0.39, 0.29) is 23.4 Å². The van der Waals surface area contributed by atoms with Crippen molar-refractivity contribution in [2.24, 2.45) is 0 Å². The van der Waals surface area contributed by atoms with Crippen LogP contribution in [0.25, 0.3) is 11.3 Å². The molecule has 1 amide bonds. The Balaban J connectivity index is 1.26. The van der Waals surface area contributed by atoms with Crippen LogP contribution in [-0.2, 0) is 16.6 Å². The van der Waals surface area contributed by atoms with E-state index in [0.29, 0.717) is 30.9 Å². The van der Waals surface area contributed by atoms with Crippen LogP contribution in [-0.4, -0.2) is 64.2 Å². The molecule has 0 saturated carbocycles. The number of amides is 1. The summed E-state index contributed by atoms with van der Waals surface area (Å²) in [6.07, 6.45) is 1.85. The molecule has 2 heterocycles. The first-order valence-corrected chi connectivity index (χ1v) is 13.3. The second-order valence-corrected chi connectivity index (χ2v) is 10.8. The molecule has 9 heteroatoms. The third kappa shape index (κ3) is 4.93. The summed E-state index contributed by atoms with van der Waals surface area (Å²) < 4.78 is 30.0. The van der Waals surface area contributed by atoms with Gasteiger partial charge in [0.1, 0.15) is 5.69 Å². The summed E-state index contributed by atoms with van der Waals surface area (Å²) in [5, 5.41) is 8.44. The molecule has 1 aliphatic heterocycles. The Morgan fingerprint density at radius 2 is 1.58 bits per heavy atom. The molecule has 0 radical (unpaired) electrons. The maximum atomic E-state index is 13.4. The molecular weight excluding hydrogens is 474 g/mol. The van der Waals surface area contributed by atoms with Crippen LogP contribution in [0.3, 0.4) is 0 Å². The number of carbonyl (C=O) groups excluding carboxylic acids is 1. The molecule has 5 rings (SSSR count). The lowest BCUT2D eigenvalue weighted by atomic mass is 10.1. The van der Waals surface area contributed by atoms with Crippen LogP contribution in [0, 0.1) is 0 Å². The molecule has 36 heavy (non-hydrogen) atoms. The van der Waals surface area contributed by atoms with Gasteiger partial charge in [-0.3, -0.25) is 4.79 Å². The fourth-order valence-corrected chi connectivity index (χ4v) is 6.07. The van der Waals surface area contributed by atoms with Gasteiger partial charge in [0, 0.05) is 36.8 Å².